The van der Waals surface area contributed by atoms with Crippen LogP contribution in [-0.4, -0.2) is 55.2 Å². The third kappa shape index (κ3) is 3.12. The van der Waals surface area contributed by atoms with Crippen LogP contribution in [-0.2, 0) is 16.1 Å². The summed E-state index contributed by atoms with van der Waals surface area (Å²) in [4.78, 5) is 26.4. The van der Waals surface area contributed by atoms with Crippen molar-refractivity contribution >= 4 is 11.9 Å². The maximum atomic E-state index is 12.3. The minimum Gasteiger partial charge on any atom is -0.481 e. The quantitative estimate of drug-likeness (QED) is 0.897. The fourth-order valence-electron chi connectivity index (χ4n) is 2.70. The number of carboxylic acid groups (broad SMARTS) is 1. The van der Waals surface area contributed by atoms with Crippen molar-refractivity contribution < 1.29 is 14.7 Å². The Balaban J connectivity index is 1.66. The lowest BCUT2D eigenvalue weighted by atomic mass is 9.90. The molecule has 0 unspecified atom stereocenters. The first-order valence-corrected chi connectivity index (χ1v) is 7.73. The number of amides is 1. The zero-order chi connectivity index (χ0) is 17.3. The van der Waals surface area contributed by atoms with Gasteiger partial charge in [0, 0.05) is 18.7 Å². The normalized spacial score (nSPS) is 20.3. The van der Waals surface area contributed by atoms with Crippen LogP contribution in [0, 0.1) is 12.3 Å². The van der Waals surface area contributed by atoms with E-state index < -0.39 is 11.4 Å². The van der Waals surface area contributed by atoms with Crippen LogP contribution in [0.25, 0.3) is 11.4 Å². The maximum absolute atomic E-state index is 12.3. The van der Waals surface area contributed by atoms with Crippen molar-refractivity contribution in [2.24, 2.45) is 5.41 Å². The summed E-state index contributed by atoms with van der Waals surface area (Å²) in [6.45, 7) is 4.25. The van der Waals surface area contributed by atoms with Gasteiger partial charge in [0.05, 0.1) is 5.41 Å². The SMILES string of the molecule is Cc1ccc(-c2nnn(CC(=O)N3CC[C@](C)(C(=O)O)C3)n2)cc1. The highest BCUT2D eigenvalue weighted by Crippen LogP contribution is 2.30. The zero-order valence-corrected chi connectivity index (χ0v) is 13.6. The minimum absolute atomic E-state index is 0.0471. The molecule has 1 aliphatic rings. The van der Waals surface area contributed by atoms with Crippen molar-refractivity contribution in [3.8, 4) is 11.4 Å². The topological polar surface area (TPSA) is 101 Å². The van der Waals surface area contributed by atoms with Crippen LogP contribution in [0.3, 0.4) is 0 Å². The van der Waals surface area contributed by atoms with Gasteiger partial charge in [0.2, 0.25) is 11.7 Å². The van der Waals surface area contributed by atoms with E-state index in [1.807, 2.05) is 31.2 Å². The van der Waals surface area contributed by atoms with E-state index in [-0.39, 0.29) is 19.0 Å². The summed E-state index contributed by atoms with van der Waals surface area (Å²) < 4.78 is 0. The number of aryl methyl sites for hydroxylation is 1. The maximum Gasteiger partial charge on any atom is 0.311 e. The van der Waals surface area contributed by atoms with Crippen LogP contribution >= 0.6 is 0 Å². The molecular weight excluding hydrogens is 310 g/mol. The van der Waals surface area contributed by atoms with Gasteiger partial charge in [-0.1, -0.05) is 29.8 Å². The molecule has 8 heteroatoms. The second kappa shape index (κ2) is 6.03. The number of hydrogen-bond donors (Lipinski definition) is 1. The van der Waals surface area contributed by atoms with Gasteiger partial charge in [-0.3, -0.25) is 9.59 Å². The van der Waals surface area contributed by atoms with E-state index in [0.29, 0.717) is 18.8 Å². The summed E-state index contributed by atoms with van der Waals surface area (Å²) in [7, 11) is 0. The lowest BCUT2D eigenvalue weighted by Crippen LogP contribution is -2.36. The molecule has 3 rings (SSSR count). The molecule has 0 bridgehead atoms. The number of hydrogen-bond acceptors (Lipinski definition) is 5. The summed E-state index contributed by atoms with van der Waals surface area (Å²) in [6, 6.07) is 7.71. The fraction of sp³-hybridized carbons (Fsp3) is 0.438. The van der Waals surface area contributed by atoms with E-state index >= 15 is 0 Å². The van der Waals surface area contributed by atoms with Gasteiger partial charge >= 0.3 is 5.97 Å². The molecule has 1 saturated heterocycles. The summed E-state index contributed by atoms with van der Waals surface area (Å²) in [5, 5.41) is 21.3. The Hall–Kier alpha value is -2.77. The molecule has 1 atom stereocenters. The van der Waals surface area contributed by atoms with Crippen LogP contribution in [0.4, 0.5) is 0 Å². The van der Waals surface area contributed by atoms with E-state index in [1.165, 1.54) is 4.80 Å². The smallest absolute Gasteiger partial charge is 0.311 e. The average molecular weight is 329 g/mol. The number of rotatable bonds is 4. The number of nitrogens with zero attached hydrogens (tertiary/aromatic N) is 5. The molecule has 0 radical (unpaired) electrons. The summed E-state index contributed by atoms with van der Waals surface area (Å²) in [5.41, 5.74) is 1.09. The largest absolute Gasteiger partial charge is 0.481 e. The monoisotopic (exact) mass is 329 g/mol. The van der Waals surface area contributed by atoms with Gasteiger partial charge < -0.3 is 10.0 Å². The molecule has 0 aliphatic carbocycles. The molecule has 2 heterocycles. The molecular formula is C16H19N5O3. The molecule has 24 heavy (non-hydrogen) atoms. The fourth-order valence-corrected chi connectivity index (χ4v) is 2.70. The van der Waals surface area contributed by atoms with Gasteiger partial charge in [-0.25, -0.2) is 0 Å². The molecule has 8 nitrogen and oxygen atoms in total. The molecule has 1 aromatic carbocycles. The zero-order valence-electron chi connectivity index (χ0n) is 13.6. The Kier molecular flexibility index (Phi) is 4.04. The van der Waals surface area contributed by atoms with Crippen LogP contribution < -0.4 is 0 Å². The predicted molar refractivity (Wildman–Crippen MR) is 84.9 cm³/mol. The van der Waals surface area contributed by atoms with Gasteiger partial charge in [-0.05, 0) is 25.5 Å². The second-order valence-electron chi connectivity index (χ2n) is 6.44. The molecule has 126 valence electrons. The highest BCUT2D eigenvalue weighted by Gasteiger charge is 2.42. The number of carboxylic acids is 1. The van der Waals surface area contributed by atoms with Crippen LogP contribution in [0.5, 0.6) is 0 Å². The van der Waals surface area contributed by atoms with Crippen molar-refractivity contribution in [3.63, 3.8) is 0 Å². The Morgan fingerprint density at radius 2 is 2.00 bits per heavy atom. The first-order chi connectivity index (χ1) is 11.4. The number of carbonyl (C=O) groups excluding carboxylic acids is 1. The highest BCUT2D eigenvalue weighted by atomic mass is 16.4. The number of aliphatic carboxylic acids is 1. The molecule has 0 saturated carbocycles. The molecule has 0 spiro atoms. The first-order valence-electron chi connectivity index (χ1n) is 7.73. The average Bonchev–Trinajstić information content (AvgIpc) is 3.16. The number of tetrazole rings is 1. The number of carbonyl (C=O) groups is 2. The van der Waals surface area contributed by atoms with Gasteiger partial charge in [0.25, 0.3) is 0 Å². The lowest BCUT2D eigenvalue weighted by Gasteiger charge is -2.19. The molecule has 1 amide bonds. The molecule has 2 aromatic rings. The minimum atomic E-state index is -0.877. The molecule has 1 fully saturated rings. The molecule has 1 aromatic heterocycles. The highest BCUT2D eigenvalue weighted by molar-refractivity contribution is 5.80. The first kappa shape index (κ1) is 16.1. The van der Waals surface area contributed by atoms with Crippen LogP contribution in [0.1, 0.15) is 18.9 Å². The van der Waals surface area contributed by atoms with Crippen molar-refractivity contribution in [3.05, 3.63) is 29.8 Å². The number of benzene rings is 1. The predicted octanol–water partition coefficient (Wildman–Crippen LogP) is 0.972. The van der Waals surface area contributed by atoms with Crippen molar-refractivity contribution in [1.82, 2.24) is 25.1 Å². The standard InChI is InChI=1S/C16H19N5O3/c1-11-3-5-12(6-4-11)14-17-19-21(18-14)9-13(22)20-8-7-16(2,10-20)15(23)24/h3-6H,7-10H2,1-2H3,(H,23,24)/t16-/m0/s1. The third-order valence-corrected chi connectivity index (χ3v) is 4.38. The third-order valence-electron chi connectivity index (χ3n) is 4.38. The molecule has 1 aliphatic heterocycles. The Morgan fingerprint density at radius 3 is 2.62 bits per heavy atom. The second-order valence-corrected chi connectivity index (χ2v) is 6.44. The summed E-state index contributed by atoms with van der Waals surface area (Å²) in [5.74, 6) is -0.620. The van der Waals surface area contributed by atoms with Crippen molar-refractivity contribution in [2.45, 2.75) is 26.8 Å². The van der Waals surface area contributed by atoms with Gasteiger partial charge in [-0.15, -0.1) is 10.2 Å². The van der Waals surface area contributed by atoms with E-state index in [2.05, 4.69) is 15.4 Å². The van der Waals surface area contributed by atoms with E-state index in [0.717, 1.165) is 11.1 Å². The van der Waals surface area contributed by atoms with Crippen molar-refractivity contribution in [2.75, 3.05) is 13.1 Å². The van der Waals surface area contributed by atoms with Crippen molar-refractivity contribution in [1.29, 1.82) is 0 Å². The van der Waals surface area contributed by atoms with E-state index in [9.17, 15) is 14.7 Å². The van der Waals surface area contributed by atoms with Crippen LogP contribution in [0.15, 0.2) is 24.3 Å². The molecule has 1 N–H and O–H groups in total. The van der Waals surface area contributed by atoms with Gasteiger partial charge in [0.1, 0.15) is 6.54 Å². The van der Waals surface area contributed by atoms with E-state index in [4.69, 9.17) is 0 Å². The lowest BCUT2D eigenvalue weighted by molar-refractivity contribution is -0.147. The van der Waals surface area contributed by atoms with Gasteiger partial charge in [-0.2, -0.15) is 4.80 Å². The Morgan fingerprint density at radius 1 is 1.29 bits per heavy atom. The Bertz CT molecular complexity index is 770. The Labute approximate surface area is 139 Å². The van der Waals surface area contributed by atoms with E-state index in [1.54, 1.807) is 11.8 Å². The number of likely N-dealkylation sites (tertiary alicyclic amines) is 1. The summed E-state index contributed by atoms with van der Waals surface area (Å²) in [6.07, 6.45) is 0.452. The number of aromatic nitrogens is 4. The van der Waals surface area contributed by atoms with Gasteiger partial charge in [0.15, 0.2) is 0 Å². The van der Waals surface area contributed by atoms with Crippen LogP contribution in [0.2, 0.25) is 0 Å². The summed E-state index contributed by atoms with van der Waals surface area (Å²) >= 11 is 0.